The number of likely N-dealkylation sites (N-methyl/N-ethyl adjacent to an activating group) is 1. The van der Waals surface area contributed by atoms with Crippen LogP contribution >= 0.6 is 11.3 Å². The fourth-order valence-electron chi connectivity index (χ4n) is 2.01. The fourth-order valence-corrected chi connectivity index (χ4v) is 2.75. The number of anilines is 1. The Morgan fingerprint density at radius 3 is 2.76 bits per heavy atom. The number of nitrogens with zero attached hydrogens (tertiary/aromatic N) is 1. The van der Waals surface area contributed by atoms with Gasteiger partial charge in [0.1, 0.15) is 17.6 Å². The molecule has 1 aromatic heterocycles. The van der Waals surface area contributed by atoms with Gasteiger partial charge in [-0.1, -0.05) is 30.3 Å². The Hall–Kier alpha value is -2.16. The maximum Gasteiger partial charge on any atom is 0.283 e. The summed E-state index contributed by atoms with van der Waals surface area (Å²) in [5.41, 5.74) is 1.71. The van der Waals surface area contributed by atoms with Crippen molar-refractivity contribution >= 4 is 22.2 Å². The molecule has 21 heavy (non-hydrogen) atoms. The molecule has 1 aromatic carbocycles. The lowest BCUT2D eigenvalue weighted by atomic mass is 10.2. The average molecular weight is 300 g/mol. The Balaban J connectivity index is 1.97. The number of rotatable bonds is 5. The van der Waals surface area contributed by atoms with E-state index >= 15 is 0 Å². The van der Waals surface area contributed by atoms with Crippen molar-refractivity contribution in [3.8, 4) is 6.07 Å². The summed E-state index contributed by atoms with van der Waals surface area (Å²) in [6, 6.07) is 13.7. The zero-order chi connectivity index (χ0) is 15.2. The van der Waals surface area contributed by atoms with Gasteiger partial charge in [0, 0.05) is 5.56 Å². The van der Waals surface area contributed by atoms with E-state index in [9.17, 15) is 4.79 Å². The van der Waals surface area contributed by atoms with Crippen molar-refractivity contribution in [3.63, 3.8) is 0 Å². The van der Waals surface area contributed by atoms with Gasteiger partial charge in [-0.2, -0.15) is 5.26 Å². The van der Waals surface area contributed by atoms with Crippen molar-refractivity contribution in [2.24, 2.45) is 0 Å². The maximum atomic E-state index is 12.3. The highest BCUT2D eigenvalue weighted by Crippen LogP contribution is 2.21. The van der Waals surface area contributed by atoms with Crippen LogP contribution in [-0.4, -0.2) is 19.0 Å². The van der Waals surface area contributed by atoms with Crippen LogP contribution in [0.1, 0.15) is 18.1 Å². The zero-order valence-electron chi connectivity index (χ0n) is 12.1. The predicted molar refractivity (Wildman–Crippen MR) is 84.2 cm³/mol. The third kappa shape index (κ3) is 3.91. The summed E-state index contributed by atoms with van der Waals surface area (Å²) in [6.45, 7) is 2.68. The largest absolute Gasteiger partial charge is 0.324 e. The first kappa shape index (κ1) is 15.2. The molecular weight excluding hydrogens is 282 g/mol. The van der Waals surface area contributed by atoms with Crippen LogP contribution in [-0.2, 0) is 11.3 Å². The number of nitrogens with one attached hydrogen (secondary N) is 2. The van der Waals surface area contributed by atoms with Gasteiger partial charge in [-0.25, -0.2) is 0 Å². The molecule has 2 rings (SSSR count). The Morgan fingerprint density at radius 1 is 1.38 bits per heavy atom. The first-order valence-electron chi connectivity index (χ1n) is 6.76. The normalized spacial score (nSPS) is 13.2. The monoisotopic (exact) mass is 300 g/mol. The van der Waals surface area contributed by atoms with E-state index in [1.54, 1.807) is 11.4 Å². The van der Waals surface area contributed by atoms with Gasteiger partial charge in [0.05, 0.1) is 12.6 Å². The van der Waals surface area contributed by atoms with E-state index in [0.29, 0.717) is 10.6 Å². The quantitative estimate of drug-likeness (QED) is 0.882. The molecule has 4 nitrogen and oxygen atoms in total. The van der Waals surface area contributed by atoms with Gasteiger partial charge in [-0.3, -0.25) is 4.79 Å². The summed E-state index contributed by atoms with van der Waals surface area (Å²) >= 11 is 1.37. The van der Waals surface area contributed by atoms with E-state index in [4.69, 9.17) is 5.26 Å². The van der Waals surface area contributed by atoms with Crippen molar-refractivity contribution in [1.82, 2.24) is 0 Å². The molecule has 5 heteroatoms. The molecule has 0 radical (unpaired) electrons. The van der Waals surface area contributed by atoms with E-state index in [1.807, 2.05) is 32.2 Å². The van der Waals surface area contributed by atoms with Crippen molar-refractivity contribution < 1.29 is 9.69 Å². The maximum absolute atomic E-state index is 12.3. The van der Waals surface area contributed by atoms with Gasteiger partial charge in [0.25, 0.3) is 5.91 Å². The van der Waals surface area contributed by atoms with Crippen LogP contribution in [0.3, 0.4) is 0 Å². The van der Waals surface area contributed by atoms with Crippen molar-refractivity contribution in [2.75, 3.05) is 12.4 Å². The summed E-state index contributed by atoms with van der Waals surface area (Å²) in [6.07, 6.45) is 0. The smallest absolute Gasteiger partial charge is 0.283 e. The van der Waals surface area contributed by atoms with Gasteiger partial charge in [0.15, 0.2) is 6.04 Å². The molecule has 1 heterocycles. The molecule has 0 aliphatic rings. The lowest BCUT2D eigenvalue weighted by molar-refractivity contribution is -0.907. The Labute approximate surface area is 128 Å². The van der Waals surface area contributed by atoms with Gasteiger partial charge in [-0.15, -0.1) is 11.3 Å². The Bertz CT molecular complexity index is 645. The molecule has 0 spiro atoms. The lowest BCUT2D eigenvalue weighted by Gasteiger charge is -2.20. The molecule has 2 atom stereocenters. The van der Waals surface area contributed by atoms with Crippen molar-refractivity contribution in [3.05, 3.63) is 52.9 Å². The van der Waals surface area contributed by atoms with Gasteiger partial charge in [-0.05, 0) is 18.4 Å². The van der Waals surface area contributed by atoms with Crippen LogP contribution in [0, 0.1) is 11.3 Å². The van der Waals surface area contributed by atoms with Crippen LogP contribution < -0.4 is 10.2 Å². The summed E-state index contributed by atoms with van der Waals surface area (Å²) < 4.78 is 0. The van der Waals surface area contributed by atoms with E-state index in [2.05, 4.69) is 23.5 Å². The third-order valence-electron chi connectivity index (χ3n) is 3.48. The molecule has 0 saturated carbocycles. The molecule has 0 fully saturated rings. The van der Waals surface area contributed by atoms with E-state index in [-0.39, 0.29) is 11.9 Å². The van der Waals surface area contributed by atoms with Gasteiger partial charge < -0.3 is 10.2 Å². The number of hydrogen-bond acceptors (Lipinski definition) is 3. The van der Waals surface area contributed by atoms with E-state index in [1.165, 1.54) is 16.9 Å². The third-order valence-corrected chi connectivity index (χ3v) is 4.31. The van der Waals surface area contributed by atoms with Crippen LogP contribution in [0.25, 0.3) is 0 Å². The number of amides is 1. The van der Waals surface area contributed by atoms with Crippen molar-refractivity contribution in [2.45, 2.75) is 19.5 Å². The van der Waals surface area contributed by atoms with Gasteiger partial charge >= 0.3 is 0 Å². The minimum atomic E-state index is -0.196. The molecule has 0 aliphatic heterocycles. The molecule has 0 saturated heterocycles. The zero-order valence-corrected chi connectivity index (χ0v) is 12.9. The average Bonchev–Trinajstić information content (AvgIpc) is 2.94. The van der Waals surface area contributed by atoms with Gasteiger partial charge in [0.2, 0.25) is 0 Å². The number of carbonyl (C=O) groups excluding carboxylic acids is 1. The van der Waals surface area contributed by atoms with E-state index < -0.39 is 0 Å². The van der Waals surface area contributed by atoms with Crippen LogP contribution in [0.2, 0.25) is 0 Å². The summed E-state index contributed by atoms with van der Waals surface area (Å²) in [4.78, 5) is 13.4. The Morgan fingerprint density at radius 2 is 2.10 bits per heavy atom. The molecule has 1 amide bonds. The number of hydrogen-bond donors (Lipinski definition) is 2. The highest BCUT2D eigenvalue weighted by molar-refractivity contribution is 7.14. The molecular formula is C16H18N3OS+. The molecule has 0 aliphatic carbocycles. The number of nitriles is 1. The second-order valence-corrected chi connectivity index (χ2v) is 5.91. The minimum absolute atomic E-state index is 0.0672. The highest BCUT2D eigenvalue weighted by atomic mass is 32.1. The summed E-state index contributed by atoms with van der Waals surface area (Å²) in [7, 11) is 2.00. The second-order valence-electron chi connectivity index (χ2n) is 4.99. The number of quaternary nitrogens is 1. The molecule has 108 valence electrons. The molecule has 0 bridgehead atoms. The first-order valence-corrected chi connectivity index (χ1v) is 7.64. The van der Waals surface area contributed by atoms with Crippen molar-refractivity contribution in [1.29, 1.82) is 5.26 Å². The summed E-state index contributed by atoms with van der Waals surface area (Å²) in [5, 5.41) is 14.2. The minimum Gasteiger partial charge on any atom is -0.324 e. The summed E-state index contributed by atoms with van der Waals surface area (Å²) in [5.74, 6) is -0.0672. The van der Waals surface area contributed by atoms with Crippen LogP contribution in [0.4, 0.5) is 5.00 Å². The number of carbonyl (C=O) groups is 1. The van der Waals surface area contributed by atoms with Crippen LogP contribution in [0.5, 0.6) is 0 Å². The second kappa shape index (κ2) is 7.02. The fraction of sp³-hybridized carbons (Fsp3) is 0.250. The molecule has 2 N–H and O–H groups in total. The number of thiophene rings is 1. The topological polar surface area (TPSA) is 57.3 Å². The SMILES string of the molecule is C[C@@H](C(=O)Nc1sccc1C#N)[NH+](C)Cc1ccccc1. The van der Waals surface area contributed by atoms with Crippen LogP contribution in [0.15, 0.2) is 41.8 Å². The van der Waals surface area contributed by atoms with E-state index in [0.717, 1.165) is 11.4 Å². The first-order chi connectivity index (χ1) is 10.1. The molecule has 1 unspecified atom stereocenters. The Kier molecular flexibility index (Phi) is 5.09. The standard InChI is InChI=1S/C16H17N3OS/c1-12(19(2)11-13-6-4-3-5-7-13)15(20)18-16-14(10-17)8-9-21-16/h3-9,12H,11H2,1-2H3,(H,18,20)/p+1/t12-/m0/s1. The lowest BCUT2D eigenvalue weighted by Crippen LogP contribution is -3.12. The molecule has 2 aromatic rings. The predicted octanol–water partition coefficient (Wildman–Crippen LogP) is 1.66. The number of benzene rings is 1. The highest BCUT2D eigenvalue weighted by Gasteiger charge is 2.23.